The fraction of sp³-hybridized carbons (Fsp3) is 0.211. The molecule has 2 heterocycles. The average Bonchev–Trinajstić information content (AvgIpc) is 3.04. The maximum absolute atomic E-state index is 13.0. The number of amides is 1. The third-order valence-electron chi connectivity index (χ3n) is 4.07. The van der Waals surface area contributed by atoms with Crippen LogP contribution in [0.2, 0.25) is 0 Å². The zero-order valence-electron chi connectivity index (χ0n) is 14.5. The monoisotopic (exact) mass is 336 g/mol. The molecule has 0 N–H and O–H groups in total. The SMILES string of the molecule is CCN(C(=O)c1cnn(-c2ccccc2OC)c1C)c1cccnc1. The van der Waals surface area contributed by atoms with E-state index in [1.54, 1.807) is 35.3 Å². The van der Waals surface area contributed by atoms with Crippen LogP contribution < -0.4 is 9.64 Å². The molecule has 1 aromatic carbocycles. The van der Waals surface area contributed by atoms with Crippen molar-refractivity contribution < 1.29 is 9.53 Å². The van der Waals surface area contributed by atoms with Crippen LogP contribution in [-0.2, 0) is 0 Å². The molecule has 3 rings (SSSR count). The number of rotatable bonds is 5. The van der Waals surface area contributed by atoms with Crippen molar-refractivity contribution >= 4 is 11.6 Å². The van der Waals surface area contributed by atoms with E-state index < -0.39 is 0 Å². The van der Waals surface area contributed by atoms with Crippen LogP contribution in [-0.4, -0.2) is 34.3 Å². The molecule has 2 aromatic heterocycles. The predicted molar refractivity (Wildman–Crippen MR) is 96.4 cm³/mol. The van der Waals surface area contributed by atoms with E-state index in [4.69, 9.17) is 4.74 Å². The van der Waals surface area contributed by atoms with Crippen LogP contribution in [0.25, 0.3) is 5.69 Å². The first-order valence-electron chi connectivity index (χ1n) is 8.07. The van der Waals surface area contributed by atoms with Crippen LogP contribution in [0.4, 0.5) is 5.69 Å². The number of anilines is 1. The first-order chi connectivity index (χ1) is 12.2. The molecule has 0 fully saturated rings. The van der Waals surface area contributed by atoms with Crippen molar-refractivity contribution in [2.75, 3.05) is 18.6 Å². The molecular weight excluding hydrogens is 316 g/mol. The molecule has 0 unspecified atom stereocenters. The van der Waals surface area contributed by atoms with Gasteiger partial charge in [-0.15, -0.1) is 0 Å². The maximum Gasteiger partial charge on any atom is 0.261 e. The number of carbonyl (C=O) groups is 1. The number of hydrogen-bond acceptors (Lipinski definition) is 4. The van der Waals surface area contributed by atoms with E-state index in [2.05, 4.69) is 10.1 Å². The smallest absolute Gasteiger partial charge is 0.261 e. The van der Waals surface area contributed by atoms with Crippen LogP contribution in [0.5, 0.6) is 5.75 Å². The molecule has 0 bridgehead atoms. The van der Waals surface area contributed by atoms with Gasteiger partial charge in [-0.1, -0.05) is 12.1 Å². The number of methoxy groups -OCH3 is 1. The summed E-state index contributed by atoms with van der Waals surface area (Å²) < 4.78 is 7.12. The lowest BCUT2D eigenvalue weighted by Gasteiger charge is -2.20. The van der Waals surface area contributed by atoms with Gasteiger partial charge in [0.2, 0.25) is 0 Å². The zero-order chi connectivity index (χ0) is 17.8. The van der Waals surface area contributed by atoms with Gasteiger partial charge in [0.1, 0.15) is 11.4 Å². The van der Waals surface area contributed by atoms with Crippen molar-refractivity contribution in [3.63, 3.8) is 0 Å². The Kier molecular flexibility index (Phi) is 4.79. The number of pyridine rings is 1. The van der Waals surface area contributed by atoms with E-state index in [0.717, 1.165) is 17.1 Å². The molecular formula is C19H20N4O2. The highest BCUT2D eigenvalue weighted by Crippen LogP contribution is 2.25. The summed E-state index contributed by atoms with van der Waals surface area (Å²) >= 11 is 0. The molecule has 0 saturated carbocycles. The fourth-order valence-corrected chi connectivity index (χ4v) is 2.77. The van der Waals surface area contributed by atoms with E-state index in [-0.39, 0.29) is 5.91 Å². The summed E-state index contributed by atoms with van der Waals surface area (Å²) in [5.41, 5.74) is 2.87. The summed E-state index contributed by atoms with van der Waals surface area (Å²) in [5, 5.41) is 4.40. The molecule has 0 aliphatic heterocycles. The van der Waals surface area contributed by atoms with Gasteiger partial charge in [0.15, 0.2) is 0 Å². The van der Waals surface area contributed by atoms with Crippen LogP contribution in [0.3, 0.4) is 0 Å². The Balaban J connectivity index is 1.99. The van der Waals surface area contributed by atoms with Gasteiger partial charge in [0.05, 0.1) is 36.4 Å². The van der Waals surface area contributed by atoms with Crippen LogP contribution in [0, 0.1) is 6.92 Å². The average molecular weight is 336 g/mol. The number of para-hydroxylation sites is 2. The Morgan fingerprint density at radius 2 is 2.00 bits per heavy atom. The van der Waals surface area contributed by atoms with Gasteiger partial charge < -0.3 is 9.64 Å². The van der Waals surface area contributed by atoms with Gasteiger partial charge in [-0.25, -0.2) is 4.68 Å². The number of carbonyl (C=O) groups excluding carboxylic acids is 1. The molecule has 0 saturated heterocycles. The molecule has 128 valence electrons. The first kappa shape index (κ1) is 16.7. The lowest BCUT2D eigenvalue weighted by Crippen LogP contribution is -2.31. The highest BCUT2D eigenvalue weighted by molar-refractivity contribution is 6.06. The minimum atomic E-state index is -0.103. The molecule has 3 aromatic rings. The second-order valence-electron chi connectivity index (χ2n) is 5.49. The normalized spacial score (nSPS) is 10.5. The lowest BCUT2D eigenvalue weighted by atomic mass is 10.2. The van der Waals surface area contributed by atoms with Crippen molar-refractivity contribution in [1.82, 2.24) is 14.8 Å². The number of ether oxygens (including phenoxy) is 1. The molecule has 6 heteroatoms. The second kappa shape index (κ2) is 7.17. The summed E-state index contributed by atoms with van der Waals surface area (Å²) in [7, 11) is 1.62. The molecule has 0 aliphatic carbocycles. The van der Waals surface area contributed by atoms with Crippen LogP contribution >= 0.6 is 0 Å². The maximum atomic E-state index is 13.0. The van der Waals surface area contributed by atoms with Crippen LogP contribution in [0.15, 0.2) is 55.0 Å². The Morgan fingerprint density at radius 3 is 2.68 bits per heavy atom. The predicted octanol–water partition coefficient (Wildman–Crippen LogP) is 3.25. The van der Waals surface area contributed by atoms with Crippen molar-refractivity contribution in [3.05, 3.63) is 66.2 Å². The third-order valence-corrected chi connectivity index (χ3v) is 4.07. The Labute approximate surface area is 146 Å². The van der Waals surface area contributed by atoms with Crippen molar-refractivity contribution in [2.45, 2.75) is 13.8 Å². The summed E-state index contributed by atoms with van der Waals surface area (Å²) in [6.07, 6.45) is 4.97. The summed E-state index contributed by atoms with van der Waals surface area (Å²) in [4.78, 5) is 18.8. The molecule has 0 radical (unpaired) electrons. The van der Waals surface area contributed by atoms with Gasteiger partial charge >= 0.3 is 0 Å². The van der Waals surface area contributed by atoms with E-state index in [1.807, 2.05) is 50.2 Å². The Bertz CT molecular complexity index is 874. The van der Waals surface area contributed by atoms with Gasteiger partial charge in [-0.3, -0.25) is 9.78 Å². The van der Waals surface area contributed by atoms with E-state index in [1.165, 1.54) is 0 Å². The van der Waals surface area contributed by atoms with Gasteiger partial charge in [-0.2, -0.15) is 5.10 Å². The number of hydrogen-bond donors (Lipinski definition) is 0. The Morgan fingerprint density at radius 1 is 1.20 bits per heavy atom. The first-order valence-corrected chi connectivity index (χ1v) is 8.07. The van der Waals surface area contributed by atoms with Gasteiger partial charge in [0.25, 0.3) is 5.91 Å². The second-order valence-corrected chi connectivity index (χ2v) is 5.49. The lowest BCUT2D eigenvalue weighted by molar-refractivity contribution is 0.0987. The highest BCUT2D eigenvalue weighted by Gasteiger charge is 2.22. The van der Waals surface area contributed by atoms with Crippen LogP contribution in [0.1, 0.15) is 23.0 Å². The molecule has 0 atom stereocenters. The number of benzene rings is 1. The van der Waals surface area contributed by atoms with Gasteiger partial charge in [0, 0.05) is 12.7 Å². The number of nitrogens with zero attached hydrogens (tertiary/aromatic N) is 4. The zero-order valence-corrected chi connectivity index (χ0v) is 14.5. The Hall–Kier alpha value is -3.15. The molecule has 1 amide bonds. The van der Waals surface area contributed by atoms with Crippen molar-refractivity contribution in [2.24, 2.45) is 0 Å². The van der Waals surface area contributed by atoms with E-state index >= 15 is 0 Å². The summed E-state index contributed by atoms with van der Waals surface area (Å²) in [5.74, 6) is 0.599. The van der Waals surface area contributed by atoms with Crippen molar-refractivity contribution in [1.29, 1.82) is 0 Å². The number of aromatic nitrogens is 3. The molecule has 6 nitrogen and oxygen atoms in total. The van der Waals surface area contributed by atoms with E-state index in [0.29, 0.717) is 17.9 Å². The van der Waals surface area contributed by atoms with Crippen molar-refractivity contribution in [3.8, 4) is 11.4 Å². The van der Waals surface area contributed by atoms with Gasteiger partial charge in [-0.05, 0) is 38.1 Å². The minimum absolute atomic E-state index is 0.103. The minimum Gasteiger partial charge on any atom is -0.494 e. The molecule has 0 spiro atoms. The quantitative estimate of drug-likeness (QED) is 0.717. The molecule has 0 aliphatic rings. The topological polar surface area (TPSA) is 60.2 Å². The summed E-state index contributed by atoms with van der Waals surface area (Å²) in [6, 6.07) is 11.3. The highest BCUT2D eigenvalue weighted by atomic mass is 16.5. The summed E-state index contributed by atoms with van der Waals surface area (Å²) in [6.45, 7) is 4.36. The fourth-order valence-electron chi connectivity index (χ4n) is 2.77. The molecule has 25 heavy (non-hydrogen) atoms. The largest absolute Gasteiger partial charge is 0.494 e. The van der Waals surface area contributed by atoms with E-state index in [9.17, 15) is 4.79 Å². The third kappa shape index (κ3) is 3.10. The standard InChI is InChI=1S/C19H20N4O2/c1-4-22(15-8-7-11-20-12-15)19(24)16-13-21-23(14(16)2)17-9-5-6-10-18(17)25-3/h5-13H,4H2,1-3H3.